The predicted molar refractivity (Wildman–Crippen MR) is 90.4 cm³/mol. The third-order valence-electron chi connectivity index (χ3n) is 3.49. The van der Waals surface area contributed by atoms with E-state index >= 15 is 0 Å². The Hall–Kier alpha value is -3.48. The first-order valence-electron chi connectivity index (χ1n) is 7.37. The van der Waals surface area contributed by atoms with Crippen molar-refractivity contribution in [3.8, 4) is 11.3 Å². The normalized spacial score (nSPS) is 11.4. The Morgan fingerprint density at radius 1 is 1.21 bits per heavy atom. The molecular weight excluding hydrogens is 401 g/mol. The molecule has 0 unspecified atom stereocenters. The van der Waals surface area contributed by atoms with E-state index in [-0.39, 0.29) is 32.6 Å². The first-order chi connectivity index (χ1) is 13.2. The summed E-state index contributed by atoms with van der Waals surface area (Å²) < 4.78 is 37.8. The molecule has 9 nitrogen and oxygen atoms in total. The Bertz CT molecular complexity index is 1050. The highest BCUT2D eigenvalue weighted by Crippen LogP contribution is 2.37. The van der Waals surface area contributed by atoms with E-state index in [9.17, 15) is 28.1 Å². The van der Waals surface area contributed by atoms with Gasteiger partial charge in [0.1, 0.15) is 10.7 Å². The van der Waals surface area contributed by atoms with Crippen molar-refractivity contribution in [3.63, 3.8) is 0 Å². The van der Waals surface area contributed by atoms with E-state index in [1.165, 1.54) is 12.1 Å². The molecule has 3 rings (SSSR count). The van der Waals surface area contributed by atoms with Crippen molar-refractivity contribution in [1.82, 2.24) is 20.4 Å². The molecule has 3 N–H and O–H groups in total. The maximum Gasteiger partial charge on any atom is 0.417 e. The zero-order valence-electron chi connectivity index (χ0n) is 13.6. The van der Waals surface area contributed by atoms with Gasteiger partial charge in [0, 0.05) is 17.8 Å². The van der Waals surface area contributed by atoms with Crippen LogP contribution >= 0.6 is 11.8 Å². The Kier molecular flexibility index (Phi) is 5.00. The number of nitro groups is 1. The molecule has 0 aliphatic rings. The monoisotopic (exact) mass is 410 g/mol. The van der Waals surface area contributed by atoms with Crippen LogP contribution in [0.5, 0.6) is 0 Å². The summed E-state index contributed by atoms with van der Waals surface area (Å²) in [6.07, 6.45) is -3.88. The summed E-state index contributed by atoms with van der Waals surface area (Å²) in [4.78, 5) is 25.9. The van der Waals surface area contributed by atoms with E-state index in [1.807, 2.05) is 0 Å². The maximum absolute atomic E-state index is 12.6. The van der Waals surface area contributed by atoms with Gasteiger partial charge in [0.05, 0.1) is 15.4 Å². The van der Waals surface area contributed by atoms with E-state index in [0.717, 1.165) is 30.0 Å². The first-order valence-corrected chi connectivity index (χ1v) is 8.19. The number of nitro benzene ring substituents is 1. The van der Waals surface area contributed by atoms with Crippen LogP contribution in [0.3, 0.4) is 0 Å². The molecule has 2 heterocycles. The number of aromatic amines is 1. The van der Waals surface area contributed by atoms with Crippen molar-refractivity contribution in [2.75, 3.05) is 0 Å². The summed E-state index contributed by atoms with van der Waals surface area (Å²) in [5.41, 5.74) is 3.99. The molecule has 0 aliphatic carbocycles. The number of alkyl halides is 3. The number of nitrogens with zero attached hydrogens (tertiary/aromatic N) is 4. The van der Waals surface area contributed by atoms with Crippen LogP contribution in [0.4, 0.5) is 18.9 Å². The lowest BCUT2D eigenvalue weighted by molar-refractivity contribution is -0.387. The number of H-pyrrole nitrogens is 1. The number of nitrogens with one attached hydrogen (secondary N) is 1. The van der Waals surface area contributed by atoms with Gasteiger partial charge < -0.3 is 5.73 Å². The summed E-state index contributed by atoms with van der Waals surface area (Å²) in [5, 5.41) is 21.2. The molecule has 144 valence electrons. The van der Waals surface area contributed by atoms with Crippen LogP contribution in [0.25, 0.3) is 11.3 Å². The lowest BCUT2D eigenvalue weighted by atomic mass is 10.1. The Labute approximate surface area is 158 Å². The third-order valence-corrected chi connectivity index (χ3v) is 4.50. The molecule has 0 saturated heterocycles. The summed E-state index contributed by atoms with van der Waals surface area (Å²) in [6.45, 7) is 0. The molecule has 1 aromatic carbocycles. The lowest BCUT2D eigenvalue weighted by Crippen LogP contribution is -2.12. The van der Waals surface area contributed by atoms with Crippen LogP contribution in [0.15, 0.2) is 46.5 Å². The van der Waals surface area contributed by atoms with Crippen LogP contribution in [-0.4, -0.2) is 31.2 Å². The van der Waals surface area contributed by atoms with Crippen LogP contribution in [-0.2, 0) is 6.18 Å². The highest BCUT2D eigenvalue weighted by molar-refractivity contribution is 7.99. The average molecular weight is 410 g/mol. The van der Waals surface area contributed by atoms with Gasteiger partial charge in [-0.05, 0) is 18.2 Å². The van der Waals surface area contributed by atoms with Crippen molar-refractivity contribution in [1.29, 1.82) is 0 Å². The molecule has 0 spiro atoms. The first kappa shape index (κ1) is 19.3. The molecule has 0 saturated carbocycles. The van der Waals surface area contributed by atoms with Gasteiger partial charge in [-0.25, -0.2) is 4.98 Å². The number of halogens is 3. The minimum atomic E-state index is -4.53. The number of pyridine rings is 1. The number of hydrogen-bond donors (Lipinski definition) is 2. The molecule has 0 fully saturated rings. The van der Waals surface area contributed by atoms with Gasteiger partial charge in [0.2, 0.25) is 0 Å². The number of amides is 1. The second-order valence-electron chi connectivity index (χ2n) is 5.31. The zero-order chi connectivity index (χ0) is 20.5. The van der Waals surface area contributed by atoms with Crippen LogP contribution < -0.4 is 5.73 Å². The number of rotatable bonds is 5. The fourth-order valence-corrected chi connectivity index (χ4v) is 3.06. The minimum Gasteiger partial charge on any atom is -0.364 e. The third kappa shape index (κ3) is 3.93. The molecule has 3 aromatic rings. The van der Waals surface area contributed by atoms with Gasteiger partial charge in [-0.1, -0.05) is 17.8 Å². The quantitative estimate of drug-likeness (QED) is 0.486. The summed E-state index contributed by atoms with van der Waals surface area (Å²) in [7, 11) is 0. The van der Waals surface area contributed by atoms with E-state index < -0.39 is 22.6 Å². The van der Waals surface area contributed by atoms with Gasteiger partial charge in [0.25, 0.3) is 11.6 Å². The number of hydrogen-bond acceptors (Lipinski definition) is 7. The average Bonchev–Trinajstić information content (AvgIpc) is 3.11. The van der Waals surface area contributed by atoms with Crippen molar-refractivity contribution in [2.45, 2.75) is 16.1 Å². The van der Waals surface area contributed by atoms with E-state index in [2.05, 4.69) is 20.4 Å². The Balaban J connectivity index is 1.95. The highest BCUT2D eigenvalue weighted by Gasteiger charge is 2.30. The molecule has 0 bridgehead atoms. The van der Waals surface area contributed by atoms with Crippen molar-refractivity contribution in [2.24, 2.45) is 5.73 Å². The standard InChI is InChI=1S/C15H9F3N6O3S/c16-15(17,18)8-2-4-11(20-6-8)28-10-3-1-7(5-9(10)24(26)27)12-13(14(19)25)22-23-21-12/h1-6H,(H2,19,25)(H,21,22,23). The molecule has 13 heteroatoms. The van der Waals surface area contributed by atoms with Gasteiger partial charge >= 0.3 is 6.18 Å². The van der Waals surface area contributed by atoms with E-state index in [1.54, 1.807) is 0 Å². The number of aromatic nitrogens is 4. The van der Waals surface area contributed by atoms with Crippen molar-refractivity contribution < 1.29 is 22.9 Å². The second-order valence-corrected chi connectivity index (χ2v) is 6.37. The number of benzene rings is 1. The number of carbonyl (C=O) groups excluding carboxylic acids is 1. The topological polar surface area (TPSA) is 141 Å². The van der Waals surface area contributed by atoms with Crippen molar-refractivity contribution in [3.05, 3.63) is 57.9 Å². The van der Waals surface area contributed by atoms with Gasteiger partial charge in [-0.2, -0.15) is 28.6 Å². The largest absolute Gasteiger partial charge is 0.417 e. The molecule has 0 aliphatic heterocycles. The molecule has 1 amide bonds. The van der Waals surface area contributed by atoms with Gasteiger partial charge in [-0.15, -0.1) is 0 Å². The fraction of sp³-hybridized carbons (Fsp3) is 0.0667. The molecule has 2 aromatic heterocycles. The zero-order valence-corrected chi connectivity index (χ0v) is 14.4. The van der Waals surface area contributed by atoms with Gasteiger partial charge in [0.15, 0.2) is 5.69 Å². The summed E-state index contributed by atoms with van der Waals surface area (Å²) >= 11 is 0.823. The minimum absolute atomic E-state index is 0.0415. The Morgan fingerprint density at radius 2 is 1.96 bits per heavy atom. The second kappa shape index (κ2) is 7.26. The highest BCUT2D eigenvalue weighted by atomic mass is 32.2. The van der Waals surface area contributed by atoms with E-state index in [4.69, 9.17) is 5.73 Å². The number of carbonyl (C=O) groups is 1. The molecule has 28 heavy (non-hydrogen) atoms. The lowest BCUT2D eigenvalue weighted by Gasteiger charge is -2.07. The van der Waals surface area contributed by atoms with Gasteiger partial charge in [-0.3, -0.25) is 14.9 Å². The summed E-state index contributed by atoms with van der Waals surface area (Å²) in [5.74, 6) is -0.862. The number of nitrogens with two attached hydrogens (primary N) is 1. The van der Waals surface area contributed by atoms with Crippen LogP contribution in [0.1, 0.15) is 16.1 Å². The smallest absolute Gasteiger partial charge is 0.364 e. The number of primary amides is 1. The maximum atomic E-state index is 12.6. The van der Waals surface area contributed by atoms with Crippen LogP contribution in [0.2, 0.25) is 0 Å². The SMILES string of the molecule is NC(=O)c1n[nH]nc1-c1ccc(Sc2ccc(C(F)(F)F)cn2)c([N+](=O)[O-])c1. The Morgan fingerprint density at radius 3 is 2.54 bits per heavy atom. The fourth-order valence-electron chi connectivity index (χ4n) is 2.22. The predicted octanol–water partition coefficient (Wildman–Crippen LogP) is 3.04. The van der Waals surface area contributed by atoms with Crippen molar-refractivity contribution >= 4 is 23.4 Å². The molecule has 0 radical (unpaired) electrons. The van der Waals surface area contributed by atoms with Crippen LogP contribution in [0, 0.1) is 10.1 Å². The van der Waals surface area contributed by atoms with E-state index in [0.29, 0.717) is 6.20 Å². The molecule has 0 atom stereocenters. The summed E-state index contributed by atoms with van der Waals surface area (Å²) in [6, 6.07) is 5.94. The molecular formula is C15H9F3N6O3S.